The third-order valence-electron chi connectivity index (χ3n) is 4.54. The van der Waals surface area contributed by atoms with Gasteiger partial charge in [-0.05, 0) is 26.8 Å². The first-order chi connectivity index (χ1) is 10.4. The van der Waals surface area contributed by atoms with Crippen molar-refractivity contribution in [2.45, 2.75) is 33.3 Å². The molecule has 1 aliphatic rings. The summed E-state index contributed by atoms with van der Waals surface area (Å²) in [5.41, 5.74) is 1.81. The number of likely N-dealkylation sites (N-methyl/N-ethyl adjacent to an activating group) is 1. The third-order valence-corrected chi connectivity index (χ3v) is 4.54. The Kier molecular flexibility index (Phi) is 7.13. The first kappa shape index (κ1) is 20.0. The average molecular weight is 434 g/mol. The number of carbonyl (C=O) groups excluding carboxylic acids is 1. The van der Waals surface area contributed by atoms with Crippen molar-refractivity contribution in [2.75, 3.05) is 39.1 Å². The Morgan fingerprint density at radius 3 is 2.61 bits per heavy atom. The SMILES string of the molecule is CC[N+](C)(CC)CC(=O)Nc1cc2c(cc1OC)CC(C)O2.[I-]. The van der Waals surface area contributed by atoms with Crippen LogP contribution in [0.1, 0.15) is 26.3 Å². The number of rotatable bonds is 6. The summed E-state index contributed by atoms with van der Waals surface area (Å²) in [5, 5.41) is 2.97. The molecule has 0 fully saturated rings. The van der Waals surface area contributed by atoms with E-state index >= 15 is 0 Å². The standard InChI is InChI=1S/C17H26N2O3.HI/c1-6-19(4,7-2)11-17(20)18-14-10-15-13(8-12(3)22-15)9-16(14)21-5;/h9-10,12H,6-8,11H2,1-5H3;1H. The normalized spacial score (nSPS) is 16.1. The van der Waals surface area contributed by atoms with E-state index in [-0.39, 0.29) is 36.0 Å². The van der Waals surface area contributed by atoms with E-state index in [0.29, 0.717) is 22.5 Å². The largest absolute Gasteiger partial charge is 1.00 e. The van der Waals surface area contributed by atoms with Crippen LogP contribution < -0.4 is 38.8 Å². The highest BCUT2D eigenvalue weighted by molar-refractivity contribution is 5.93. The van der Waals surface area contributed by atoms with Gasteiger partial charge >= 0.3 is 0 Å². The Morgan fingerprint density at radius 1 is 1.39 bits per heavy atom. The summed E-state index contributed by atoms with van der Waals surface area (Å²) in [6.07, 6.45) is 1.05. The summed E-state index contributed by atoms with van der Waals surface area (Å²) in [5.74, 6) is 1.52. The summed E-state index contributed by atoms with van der Waals surface area (Å²) in [7, 11) is 3.71. The van der Waals surface area contributed by atoms with Crippen molar-refractivity contribution >= 4 is 11.6 Å². The molecule has 0 saturated heterocycles. The first-order valence-electron chi connectivity index (χ1n) is 7.91. The number of halogens is 1. The number of amides is 1. The van der Waals surface area contributed by atoms with E-state index in [1.54, 1.807) is 7.11 Å². The van der Waals surface area contributed by atoms with Crippen molar-refractivity contribution in [2.24, 2.45) is 0 Å². The minimum atomic E-state index is -0.00417. The number of ether oxygens (including phenoxy) is 2. The Bertz CT molecular complexity index is 559. The molecule has 1 N–H and O–H groups in total. The zero-order valence-corrected chi connectivity index (χ0v) is 16.8. The minimum Gasteiger partial charge on any atom is -1.00 e. The molecule has 1 aromatic rings. The fourth-order valence-electron chi connectivity index (χ4n) is 2.69. The van der Waals surface area contributed by atoms with Crippen molar-refractivity contribution < 1.29 is 42.7 Å². The Balaban J connectivity index is 0.00000264. The quantitative estimate of drug-likeness (QED) is 0.483. The average Bonchev–Trinajstić information content (AvgIpc) is 2.85. The Hall–Kier alpha value is -1.02. The molecular weight excluding hydrogens is 407 g/mol. The maximum absolute atomic E-state index is 12.4. The lowest BCUT2D eigenvalue weighted by atomic mass is 10.1. The maximum Gasteiger partial charge on any atom is 0.279 e. The Morgan fingerprint density at radius 2 is 2.04 bits per heavy atom. The molecule has 1 amide bonds. The molecular formula is C17H27IN2O3. The van der Waals surface area contributed by atoms with E-state index < -0.39 is 0 Å². The lowest BCUT2D eigenvalue weighted by molar-refractivity contribution is -0.898. The van der Waals surface area contributed by atoms with Crippen molar-refractivity contribution in [3.63, 3.8) is 0 Å². The number of nitrogens with one attached hydrogen (secondary N) is 1. The second kappa shape index (κ2) is 8.19. The molecule has 2 rings (SSSR count). The van der Waals surface area contributed by atoms with Crippen LogP contribution in [0.2, 0.25) is 0 Å². The number of hydrogen-bond donors (Lipinski definition) is 1. The molecule has 0 bridgehead atoms. The van der Waals surface area contributed by atoms with Gasteiger partial charge in [-0.25, -0.2) is 0 Å². The van der Waals surface area contributed by atoms with Crippen LogP contribution in [-0.4, -0.2) is 50.3 Å². The number of carbonyl (C=O) groups is 1. The zero-order chi connectivity index (χ0) is 16.3. The van der Waals surface area contributed by atoms with E-state index in [0.717, 1.165) is 30.8 Å². The van der Waals surface area contributed by atoms with Gasteiger partial charge in [0.15, 0.2) is 6.54 Å². The van der Waals surface area contributed by atoms with E-state index in [2.05, 4.69) is 26.2 Å². The van der Waals surface area contributed by atoms with Crippen LogP contribution in [0.5, 0.6) is 11.5 Å². The lowest BCUT2D eigenvalue weighted by Gasteiger charge is -2.31. The van der Waals surface area contributed by atoms with Gasteiger partial charge in [-0.3, -0.25) is 4.79 Å². The second-order valence-electron chi connectivity index (χ2n) is 6.25. The predicted octanol–water partition coefficient (Wildman–Crippen LogP) is -0.552. The summed E-state index contributed by atoms with van der Waals surface area (Å²) in [6.45, 7) is 8.53. The molecule has 1 aliphatic heterocycles. The van der Waals surface area contributed by atoms with Gasteiger partial charge in [-0.1, -0.05) is 0 Å². The minimum absolute atomic E-state index is 0. The highest BCUT2D eigenvalue weighted by atomic mass is 127. The topological polar surface area (TPSA) is 47.6 Å². The molecule has 1 unspecified atom stereocenters. The summed E-state index contributed by atoms with van der Waals surface area (Å²) in [6, 6.07) is 3.83. The van der Waals surface area contributed by atoms with Gasteiger partial charge in [0.25, 0.3) is 5.91 Å². The number of hydrogen-bond acceptors (Lipinski definition) is 3. The van der Waals surface area contributed by atoms with Crippen LogP contribution in [0, 0.1) is 0 Å². The maximum atomic E-state index is 12.4. The number of anilines is 1. The van der Waals surface area contributed by atoms with Crippen molar-refractivity contribution in [3.05, 3.63) is 17.7 Å². The molecule has 0 saturated carbocycles. The molecule has 0 radical (unpaired) electrons. The van der Waals surface area contributed by atoms with Crippen LogP contribution >= 0.6 is 0 Å². The predicted molar refractivity (Wildman–Crippen MR) is 87.6 cm³/mol. The number of methoxy groups -OCH3 is 1. The molecule has 130 valence electrons. The van der Waals surface area contributed by atoms with Gasteiger partial charge in [0.2, 0.25) is 0 Å². The molecule has 5 nitrogen and oxygen atoms in total. The molecule has 1 aromatic carbocycles. The second-order valence-corrected chi connectivity index (χ2v) is 6.25. The summed E-state index contributed by atoms with van der Waals surface area (Å²) < 4.78 is 11.9. The number of benzene rings is 1. The van der Waals surface area contributed by atoms with Gasteiger partial charge in [-0.2, -0.15) is 0 Å². The van der Waals surface area contributed by atoms with Crippen LogP contribution in [0.4, 0.5) is 5.69 Å². The van der Waals surface area contributed by atoms with E-state index in [1.807, 2.05) is 19.1 Å². The van der Waals surface area contributed by atoms with Gasteiger partial charge in [-0.15, -0.1) is 0 Å². The molecule has 6 heteroatoms. The molecule has 0 aliphatic carbocycles. The van der Waals surface area contributed by atoms with Gasteiger partial charge in [0, 0.05) is 18.1 Å². The smallest absolute Gasteiger partial charge is 0.279 e. The molecule has 0 spiro atoms. The van der Waals surface area contributed by atoms with Gasteiger partial charge < -0.3 is 43.3 Å². The lowest BCUT2D eigenvalue weighted by Crippen LogP contribution is -3.00. The van der Waals surface area contributed by atoms with Crippen molar-refractivity contribution in [1.82, 2.24) is 0 Å². The van der Waals surface area contributed by atoms with Crippen LogP contribution in [0.25, 0.3) is 0 Å². The summed E-state index contributed by atoms with van der Waals surface area (Å²) in [4.78, 5) is 12.4. The zero-order valence-electron chi connectivity index (χ0n) is 14.6. The highest BCUT2D eigenvalue weighted by Gasteiger charge is 2.25. The Labute approximate surface area is 155 Å². The number of fused-ring (bicyclic) bond motifs is 1. The fraction of sp³-hybridized carbons (Fsp3) is 0.588. The molecule has 1 atom stereocenters. The molecule has 23 heavy (non-hydrogen) atoms. The monoisotopic (exact) mass is 434 g/mol. The van der Waals surface area contributed by atoms with Gasteiger partial charge in [0.1, 0.15) is 17.6 Å². The van der Waals surface area contributed by atoms with Crippen LogP contribution in [0.15, 0.2) is 12.1 Å². The number of quaternary nitrogens is 1. The van der Waals surface area contributed by atoms with E-state index in [4.69, 9.17) is 9.47 Å². The summed E-state index contributed by atoms with van der Waals surface area (Å²) >= 11 is 0. The van der Waals surface area contributed by atoms with Gasteiger partial charge in [0.05, 0.1) is 32.9 Å². The highest BCUT2D eigenvalue weighted by Crippen LogP contribution is 2.37. The van der Waals surface area contributed by atoms with Crippen molar-refractivity contribution in [3.8, 4) is 11.5 Å². The van der Waals surface area contributed by atoms with Crippen LogP contribution in [0.3, 0.4) is 0 Å². The van der Waals surface area contributed by atoms with E-state index in [1.165, 1.54) is 0 Å². The third kappa shape index (κ3) is 4.73. The van der Waals surface area contributed by atoms with E-state index in [9.17, 15) is 4.79 Å². The fourth-order valence-corrected chi connectivity index (χ4v) is 2.69. The molecule has 1 heterocycles. The van der Waals surface area contributed by atoms with Crippen LogP contribution in [-0.2, 0) is 11.2 Å². The van der Waals surface area contributed by atoms with Crippen molar-refractivity contribution in [1.29, 1.82) is 0 Å². The number of nitrogens with zero attached hydrogens (tertiary/aromatic N) is 1. The molecule has 0 aromatic heterocycles. The first-order valence-corrected chi connectivity index (χ1v) is 7.91.